The number of unbranched alkanes of at least 4 members (excludes halogenated alkanes) is 1. The molecule has 0 heterocycles. The Morgan fingerprint density at radius 3 is 0.664 bits per heavy atom. The maximum absolute atomic E-state index is 11.2. The Hall–Kier alpha value is 2.86. The number of nitrogens with zero attached hydrogens (tertiary/aromatic N) is 1. The summed E-state index contributed by atoms with van der Waals surface area (Å²) in [5.74, 6) is 8.61. The van der Waals surface area contributed by atoms with Gasteiger partial charge in [-0.25, -0.2) is 0 Å². The summed E-state index contributed by atoms with van der Waals surface area (Å²) in [5.41, 5.74) is -1.68. The minimum atomic E-state index is -2.96. The third-order valence-corrected chi connectivity index (χ3v) is 3.49. The number of ether oxygens (including phenoxy) is 5. The number of allylic oxidation sites excluding steroid dienone is 4. The molecule has 40 heteroatoms. The van der Waals surface area contributed by atoms with E-state index in [1.807, 2.05) is 218 Å². The maximum Gasteiger partial charge on any atom is 1.00 e. The van der Waals surface area contributed by atoms with Gasteiger partial charge in [0.15, 0.2) is 5.05 Å². The number of aliphatic hydroxyl groups excluding tert-OH is 2. The Labute approximate surface area is 967 Å². The van der Waals surface area contributed by atoms with Crippen molar-refractivity contribution in [1.82, 2.24) is 0 Å². The number of carbonyl (C=O) groups is 6. The molecule has 0 rings (SSSR count). The standard InChI is InChI=1S/C5H8O.C4H9O.C4H10.2C4H8.C4H6.C3H6F2O.2C3H6O2.C3H6OS.C3H8O.C3H6O.C3H8.C3H4.C2H5Br.C2H4O2.C2H6O.C2H4O.10C2H6.2CH5BO2.CH3F.CH2O3.CH4O.BHNS.B.BrH.3K.2Na.H2O.2H/c1-4-5(2,3)6;1-4(2,3)5;4*1-3-4-2;1-3(4,5)6-2;2*1-3(4)5-2;1-3(5)4-2;1-3-4-2;1-3(2)4;2*1-3-2;1-2-3;1-2(3)4;2*1-2-3;10*1-2;2*1-2(3)4;1-2;2-1-4-3;1-2;1-2-3;;;;;;;;;;/h1,6H,2-3H3;1-3H3;3-4H2,1-2H3;2*3-4H,1-2H3;1-2H3;1-2H3;3*1-2H3;3H2,1-2H3;1-2H3;3H2,1-2H3;1H,2H3;2H2,1H3;1H3,(H,3,4);3H,2H2,1H3;2H,1H3;10*1-2H3;2*3-4H,1H3;1H3;1,3H;2H,1H3;3H;;1H;;;;;;1H2;;/q;-1;;;;;;;;;;;;;;;;;;;;;;;;;;;;;;;;;;;5*+1;;2*-1/p-2. The van der Waals surface area contributed by atoms with E-state index in [0.29, 0.717) is 19.2 Å². The number of carbonyl (C=O) groups excluding carboxylic acids is 5. The summed E-state index contributed by atoms with van der Waals surface area (Å²) in [6, 6.07) is 0. The van der Waals surface area contributed by atoms with Crippen LogP contribution < -0.4 is 224 Å². The molecule has 0 aliphatic rings. The Morgan fingerprint density at radius 2 is 0.664 bits per heavy atom. The number of Topliss-reactive ketones (excluding diaryl/α,β-unsaturated/α-hetero) is 1. The molecule has 0 amide bonds. The van der Waals surface area contributed by atoms with E-state index in [4.69, 9.17) is 66.6 Å². The molecule has 0 atom stereocenters. The molecule has 9 N–H and O–H groups in total. The van der Waals surface area contributed by atoms with Crippen molar-refractivity contribution in [2.24, 2.45) is 4.30 Å². The predicted octanol–water partition coefficient (Wildman–Crippen LogP) is 6.64. The van der Waals surface area contributed by atoms with Crippen molar-refractivity contribution in [3.63, 3.8) is 0 Å². The number of carboxylic acid groups (broad SMARTS) is 1. The molecule has 0 aromatic heterocycles. The normalized spacial score (nSPS) is 5.99. The van der Waals surface area contributed by atoms with Crippen molar-refractivity contribution in [2.75, 3.05) is 68.4 Å². The van der Waals surface area contributed by atoms with Gasteiger partial charge in [0.25, 0.3) is 12.4 Å². The van der Waals surface area contributed by atoms with Crippen LogP contribution in [0.2, 0.25) is 13.6 Å². The molecule has 4 radical (unpaired) electrons. The molecule has 0 aromatic carbocycles. The molecule has 736 valence electrons. The van der Waals surface area contributed by atoms with Gasteiger partial charge in [-0.1, -0.05) is 259 Å². The first kappa shape index (κ1) is 279. The topological polar surface area (TPSA) is 408 Å². The number of thiol groups is 1. The van der Waals surface area contributed by atoms with E-state index in [9.17, 15) is 32.7 Å². The van der Waals surface area contributed by atoms with E-state index < -0.39 is 37.5 Å². The molecule has 0 aliphatic carbocycles. The van der Waals surface area contributed by atoms with Crippen LogP contribution in [-0.2, 0) is 57.3 Å². The van der Waals surface area contributed by atoms with E-state index in [-0.39, 0.29) is 278 Å². The van der Waals surface area contributed by atoms with Crippen molar-refractivity contribution >= 4 is 130 Å². The molecule has 0 unspecified atom stereocenters. The van der Waals surface area contributed by atoms with Crippen LogP contribution in [0, 0.1) is 36.5 Å². The van der Waals surface area contributed by atoms with Gasteiger partial charge in [0, 0.05) is 82.9 Å². The fraction of sp³-hybridized carbons (Fsp3) is 0.793. The van der Waals surface area contributed by atoms with Gasteiger partial charge in [0.2, 0.25) is 0 Å². The van der Waals surface area contributed by atoms with Crippen LogP contribution in [0.3, 0.4) is 0 Å². The molecule has 0 bridgehead atoms. The molecule has 24 nitrogen and oxygen atoms in total. The van der Waals surface area contributed by atoms with Crippen LogP contribution in [0.25, 0.3) is 0 Å². The quantitative estimate of drug-likeness (QED) is 0.0136. The minimum Gasteiger partial charge on any atom is -1.00 e. The monoisotopic (exact) mass is 2050 g/mol. The number of terminal acetylenes is 2. The molecular weight excluding hydrogens is 1850 g/mol. The summed E-state index contributed by atoms with van der Waals surface area (Å²) >= 11 is 10.8. The third kappa shape index (κ3) is 4190. The van der Waals surface area contributed by atoms with Gasteiger partial charge in [-0.3, -0.25) is 23.6 Å². The fourth-order valence-corrected chi connectivity index (χ4v) is 0. The molecule has 0 saturated carbocycles. The summed E-state index contributed by atoms with van der Waals surface area (Å²) < 4.78 is 55.5. The Balaban J connectivity index is -0.0000000127. The number of halogens is 5. The van der Waals surface area contributed by atoms with Crippen LogP contribution in [0.4, 0.5) is 13.2 Å². The largest absolute Gasteiger partial charge is 1.00 e. The molecule has 0 saturated heterocycles. The number of thiocarbonyl (C=S) groups is 1. The zero-order valence-corrected chi connectivity index (χ0v) is 110. The molecule has 0 fully saturated rings. The number of aliphatic carboxylic acids is 1. The van der Waals surface area contributed by atoms with Gasteiger partial charge < -0.3 is 97.4 Å². The number of ketones is 1. The second kappa shape index (κ2) is 444. The number of hydrogen-bond donors (Lipinski definition) is 9. The summed E-state index contributed by atoms with van der Waals surface area (Å²) in [6.07, 6.45) is 19.1. The van der Waals surface area contributed by atoms with Gasteiger partial charge >= 0.3 is 270 Å². The number of aliphatic hydroxyl groups is 3. The second-order valence-corrected chi connectivity index (χ2v) is 17.1. The number of hydrogen-bond acceptors (Lipinski definition) is 25. The molecule has 0 aliphatic heterocycles. The Morgan fingerprint density at radius 1 is 0.590 bits per heavy atom. The van der Waals surface area contributed by atoms with Crippen LogP contribution in [0.15, 0.2) is 28.6 Å². The zero-order valence-electron chi connectivity index (χ0n) is 93.1. The molecule has 0 spiro atoms. The van der Waals surface area contributed by atoms with Gasteiger partial charge in [0.05, 0.1) is 28.5 Å². The van der Waals surface area contributed by atoms with Gasteiger partial charge in [-0.15, -0.1) is 53.2 Å². The number of rotatable bonds is 4. The van der Waals surface area contributed by atoms with Gasteiger partial charge in [0.1, 0.15) is 17.7 Å². The van der Waals surface area contributed by atoms with E-state index >= 15 is 0 Å². The van der Waals surface area contributed by atoms with Crippen LogP contribution in [0.1, 0.15) is 348 Å². The van der Waals surface area contributed by atoms with E-state index in [2.05, 4.69) is 139 Å². The van der Waals surface area contributed by atoms with Crippen LogP contribution in [0.5, 0.6) is 0 Å². The van der Waals surface area contributed by atoms with Crippen LogP contribution >= 0.6 is 57.9 Å². The smallest absolute Gasteiger partial charge is 1.00 e. The summed E-state index contributed by atoms with van der Waals surface area (Å²) in [5, 5.41) is 81.2. The van der Waals surface area contributed by atoms with Crippen molar-refractivity contribution in [2.45, 2.75) is 376 Å². The maximum atomic E-state index is 11.2. The fourth-order valence-electron chi connectivity index (χ4n) is 0. The average molecular weight is 2060 g/mol. The second-order valence-electron chi connectivity index (χ2n) is 15.1. The van der Waals surface area contributed by atoms with Crippen molar-refractivity contribution < 1.29 is 343 Å². The van der Waals surface area contributed by atoms with Crippen molar-refractivity contribution in [1.29, 1.82) is 0 Å². The number of carboxylic acids is 1. The van der Waals surface area contributed by atoms with Crippen molar-refractivity contribution in [3.05, 3.63) is 24.3 Å². The predicted molar refractivity (Wildman–Crippen MR) is 531 cm³/mol. The first-order chi connectivity index (χ1) is 52.8. The van der Waals surface area contributed by atoms with E-state index in [0.717, 1.165) is 39.4 Å². The first-order valence-electron chi connectivity index (χ1n) is 37.7. The average Bonchev–Trinajstić information content (AvgIpc) is 1.04. The molecule has 122 heavy (non-hydrogen) atoms. The number of methoxy groups -OCH3 is 5. The Kier molecular flexibility index (Phi) is 1020. The number of alkyl halides is 4. The van der Waals surface area contributed by atoms with Crippen molar-refractivity contribution in [3.8, 4) is 36.5 Å². The first-order valence-corrected chi connectivity index (χ1v) is 39.6. The third-order valence-electron chi connectivity index (χ3n) is 3.32. The van der Waals surface area contributed by atoms with E-state index in [1.54, 1.807) is 69.6 Å². The zero-order chi connectivity index (χ0) is 103. The summed E-state index contributed by atoms with van der Waals surface area (Å²) in [4.78, 5) is 57.7. The summed E-state index contributed by atoms with van der Waals surface area (Å²) in [6.45, 7) is 89.8. The molecule has 0 aromatic rings. The van der Waals surface area contributed by atoms with E-state index in [1.165, 1.54) is 81.7 Å². The number of aldehydes is 1. The summed E-state index contributed by atoms with van der Waals surface area (Å²) in [7, 11) is 10.4. The van der Waals surface area contributed by atoms with Gasteiger partial charge in [-0.2, -0.15) is 8.78 Å². The van der Waals surface area contributed by atoms with Crippen LogP contribution in [-0.4, -0.2) is 203 Å². The Bertz CT molecular complexity index is 1420. The number of esters is 2. The van der Waals surface area contributed by atoms with Gasteiger partial charge in [-0.05, 0) is 123 Å². The molecular formula is C82H201B4Br2F3K3NNa2O23S2. The minimum absolute atomic E-state index is 0. The SMILES string of the molecule is Br.C#CC.C#CC(C)(C)O.CB(O)O.CB(O)O.CC.CC.CC.CC.CC.CC.CC.CC.CC.CC.CC#CC.CC(=O)O.CC(C)(C)[O-].CC(C)=O.CC=CC.CC=CC.CC=O.CCBr.CCC.CCCC.CCO.CCOC.CF.CO.COC(C)(F)F.COC(C)=O.COC(C)=O.COC(C)=S.O=CO[O-].[B].[B]=NS.[H-].[H-].[K+].[K+].[K+].[Na+].[Na+].[OH-].